The van der Waals surface area contributed by atoms with Gasteiger partial charge in [0.15, 0.2) is 0 Å². The number of carbonyl (C=O) groups is 2. The Morgan fingerprint density at radius 3 is 2.35 bits per heavy atom. The highest BCUT2D eigenvalue weighted by Crippen LogP contribution is 2.19. The molecule has 0 aliphatic carbocycles. The van der Waals surface area contributed by atoms with E-state index in [2.05, 4.69) is 15.4 Å². The first-order valence-corrected chi connectivity index (χ1v) is 7.78. The first-order valence-electron chi connectivity index (χ1n) is 6.13. The molecule has 1 aromatic carbocycles. The van der Waals surface area contributed by atoms with Crippen LogP contribution in [0.15, 0.2) is 24.3 Å². The normalized spacial score (nSPS) is 18.6. The van der Waals surface area contributed by atoms with Crippen molar-refractivity contribution in [2.75, 3.05) is 10.5 Å². The summed E-state index contributed by atoms with van der Waals surface area (Å²) in [5, 5.41) is 4.60. The molecule has 1 unspecified atom stereocenters. The van der Waals surface area contributed by atoms with Crippen LogP contribution in [0.4, 0.5) is 10.5 Å². The molecule has 1 heterocycles. The molecule has 1 aliphatic heterocycles. The first kappa shape index (κ1) is 14.3. The molecule has 108 valence electrons. The van der Waals surface area contributed by atoms with Crippen molar-refractivity contribution in [1.29, 1.82) is 0 Å². The van der Waals surface area contributed by atoms with Crippen LogP contribution in [0.5, 0.6) is 0 Å². The molecule has 3 N–H and O–H groups in total. The molecule has 7 nitrogen and oxygen atoms in total. The summed E-state index contributed by atoms with van der Waals surface area (Å²) in [5.41, 5.74) is 1.01. The minimum absolute atomic E-state index is 0.0514. The van der Waals surface area contributed by atoms with Gasteiger partial charge in [-0.15, -0.1) is 0 Å². The Morgan fingerprint density at radius 1 is 1.20 bits per heavy atom. The van der Waals surface area contributed by atoms with Gasteiger partial charge in [-0.1, -0.05) is 19.1 Å². The third-order valence-corrected chi connectivity index (χ3v) is 4.26. The quantitative estimate of drug-likeness (QED) is 0.696. The number of urea groups is 1. The summed E-state index contributed by atoms with van der Waals surface area (Å²) in [6.07, 6.45) is 0.529. The average molecular weight is 297 g/mol. The molecule has 1 aromatic rings. The van der Waals surface area contributed by atoms with E-state index in [9.17, 15) is 18.0 Å². The van der Waals surface area contributed by atoms with E-state index >= 15 is 0 Å². The molecule has 1 fully saturated rings. The monoisotopic (exact) mass is 297 g/mol. The SMILES string of the molecule is CCCS(=O)(=O)Nc1ccc(C2NC(=O)NC2=O)cc1. The highest BCUT2D eigenvalue weighted by Gasteiger charge is 2.30. The van der Waals surface area contributed by atoms with Crippen LogP contribution in [-0.4, -0.2) is 26.1 Å². The van der Waals surface area contributed by atoms with Gasteiger partial charge < -0.3 is 5.32 Å². The van der Waals surface area contributed by atoms with Gasteiger partial charge in [0.1, 0.15) is 6.04 Å². The summed E-state index contributed by atoms with van der Waals surface area (Å²) < 4.78 is 25.6. The van der Waals surface area contributed by atoms with Crippen LogP contribution in [0.3, 0.4) is 0 Å². The van der Waals surface area contributed by atoms with Crippen LogP contribution in [-0.2, 0) is 14.8 Å². The van der Waals surface area contributed by atoms with E-state index in [0.29, 0.717) is 17.7 Å². The maximum atomic E-state index is 11.6. The third-order valence-electron chi connectivity index (χ3n) is 2.76. The Labute approximate surface area is 116 Å². The maximum absolute atomic E-state index is 11.6. The Bertz CT molecular complexity index is 625. The number of carbonyl (C=O) groups excluding carboxylic acids is 2. The van der Waals surface area contributed by atoms with Crippen molar-refractivity contribution in [2.45, 2.75) is 19.4 Å². The lowest BCUT2D eigenvalue weighted by Gasteiger charge is -2.10. The highest BCUT2D eigenvalue weighted by atomic mass is 32.2. The van der Waals surface area contributed by atoms with Gasteiger partial charge in [0, 0.05) is 5.69 Å². The van der Waals surface area contributed by atoms with Crippen molar-refractivity contribution in [3.63, 3.8) is 0 Å². The van der Waals surface area contributed by atoms with Gasteiger partial charge >= 0.3 is 6.03 Å². The minimum atomic E-state index is -3.34. The molecule has 1 saturated heterocycles. The van der Waals surface area contributed by atoms with Crippen molar-refractivity contribution in [1.82, 2.24) is 10.6 Å². The molecule has 0 bridgehead atoms. The lowest BCUT2D eigenvalue weighted by Crippen LogP contribution is -2.22. The number of nitrogens with one attached hydrogen (secondary N) is 3. The molecule has 0 aromatic heterocycles. The van der Waals surface area contributed by atoms with Crippen LogP contribution in [0.25, 0.3) is 0 Å². The zero-order valence-electron chi connectivity index (χ0n) is 10.8. The van der Waals surface area contributed by atoms with Gasteiger partial charge in [0.05, 0.1) is 5.75 Å². The fourth-order valence-corrected chi connectivity index (χ4v) is 3.03. The van der Waals surface area contributed by atoms with Crippen LogP contribution in [0, 0.1) is 0 Å². The van der Waals surface area contributed by atoms with E-state index < -0.39 is 28.0 Å². The van der Waals surface area contributed by atoms with E-state index in [0.717, 1.165) is 0 Å². The van der Waals surface area contributed by atoms with Crippen molar-refractivity contribution in [3.05, 3.63) is 29.8 Å². The fourth-order valence-electron chi connectivity index (χ4n) is 1.89. The molecular weight excluding hydrogens is 282 g/mol. The summed E-state index contributed by atoms with van der Waals surface area (Å²) in [6, 6.07) is 5.04. The van der Waals surface area contributed by atoms with Gasteiger partial charge in [0.25, 0.3) is 5.91 Å². The predicted octanol–water partition coefficient (Wildman–Crippen LogP) is 0.719. The highest BCUT2D eigenvalue weighted by molar-refractivity contribution is 7.92. The van der Waals surface area contributed by atoms with Crippen LogP contribution >= 0.6 is 0 Å². The predicted molar refractivity (Wildman–Crippen MR) is 73.6 cm³/mol. The lowest BCUT2D eigenvalue weighted by molar-refractivity contribution is -0.120. The molecule has 0 radical (unpaired) electrons. The Balaban J connectivity index is 2.11. The maximum Gasteiger partial charge on any atom is 0.322 e. The topological polar surface area (TPSA) is 104 Å². The van der Waals surface area contributed by atoms with Gasteiger partial charge in [-0.2, -0.15) is 0 Å². The number of hydrogen-bond donors (Lipinski definition) is 3. The smallest absolute Gasteiger partial charge is 0.322 e. The van der Waals surface area contributed by atoms with Crippen LogP contribution in [0.1, 0.15) is 24.9 Å². The van der Waals surface area contributed by atoms with Crippen LogP contribution in [0.2, 0.25) is 0 Å². The van der Waals surface area contributed by atoms with Gasteiger partial charge in [-0.25, -0.2) is 13.2 Å². The van der Waals surface area contributed by atoms with E-state index in [1.807, 2.05) is 0 Å². The number of rotatable bonds is 5. The van der Waals surface area contributed by atoms with E-state index in [4.69, 9.17) is 0 Å². The van der Waals surface area contributed by atoms with Gasteiger partial charge in [0.2, 0.25) is 10.0 Å². The molecule has 3 amide bonds. The Morgan fingerprint density at radius 2 is 1.85 bits per heavy atom. The standard InChI is InChI=1S/C12H15N3O4S/c1-2-7-20(18,19)15-9-5-3-8(4-6-9)10-11(16)14-12(17)13-10/h3-6,10,15H,2,7H2,1H3,(H2,13,14,16,17). The average Bonchev–Trinajstić information content (AvgIpc) is 2.69. The number of hydrogen-bond acceptors (Lipinski definition) is 4. The second kappa shape index (κ2) is 5.49. The molecule has 1 atom stereocenters. The van der Waals surface area contributed by atoms with Gasteiger partial charge in [-0.3, -0.25) is 14.8 Å². The van der Waals surface area contributed by atoms with Crippen LogP contribution < -0.4 is 15.4 Å². The number of imide groups is 1. The Kier molecular flexibility index (Phi) is 3.93. The first-order chi connectivity index (χ1) is 9.41. The molecular formula is C12H15N3O4S. The minimum Gasteiger partial charge on any atom is -0.322 e. The second-order valence-corrected chi connectivity index (χ2v) is 6.28. The summed E-state index contributed by atoms with van der Waals surface area (Å²) in [5.74, 6) is -0.371. The number of benzene rings is 1. The van der Waals surface area contributed by atoms with Crippen molar-refractivity contribution >= 4 is 27.6 Å². The molecule has 20 heavy (non-hydrogen) atoms. The van der Waals surface area contributed by atoms with Gasteiger partial charge in [-0.05, 0) is 24.1 Å². The van der Waals surface area contributed by atoms with Crippen molar-refractivity contribution in [3.8, 4) is 0 Å². The molecule has 0 spiro atoms. The fraction of sp³-hybridized carbons (Fsp3) is 0.333. The summed E-state index contributed by atoms with van der Waals surface area (Å²) in [6.45, 7) is 1.78. The van der Waals surface area contributed by atoms with E-state index in [1.54, 1.807) is 31.2 Å². The summed E-state index contributed by atoms with van der Waals surface area (Å²) >= 11 is 0. The summed E-state index contributed by atoms with van der Waals surface area (Å²) in [7, 11) is -3.34. The number of anilines is 1. The second-order valence-electron chi connectivity index (χ2n) is 4.44. The molecule has 2 rings (SSSR count). The van der Waals surface area contributed by atoms with Crippen molar-refractivity contribution in [2.24, 2.45) is 0 Å². The molecule has 1 aliphatic rings. The summed E-state index contributed by atoms with van der Waals surface area (Å²) in [4.78, 5) is 22.5. The zero-order chi connectivity index (χ0) is 14.8. The van der Waals surface area contributed by atoms with E-state index in [1.165, 1.54) is 0 Å². The number of sulfonamides is 1. The number of amides is 3. The Hall–Kier alpha value is -2.09. The van der Waals surface area contributed by atoms with E-state index in [-0.39, 0.29) is 5.75 Å². The van der Waals surface area contributed by atoms with Crippen molar-refractivity contribution < 1.29 is 18.0 Å². The zero-order valence-corrected chi connectivity index (χ0v) is 11.7. The molecule has 8 heteroatoms. The lowest BCUT2D eigenvalue weighted by atomic mass is 10.1. The molecule has 0 saturated carbocycles. The third kappa shape index (κ3) is 3.27. The largest absolute Gasteiger partial charge is 0.322 e.